The van der Waals surface area contributed by atoms with Crippen LogP contribution in [0, 0.1) is 11.8 Å². The molecule has 0 spiro atoms. The summed E-state index contributed by atoms with van der Waals surface area (Å²) in [5.41, 5.74) is 1.18. The zero-order valence-electron chi connectivity index (χ0n) is 15.6. The average Bonchev–Trinajstić information content (AvgIpc) is 2.61. The summed E-state index contributed by atoms with van der Waals surface area (Å²) >= 11 is 0. The van der Waals surface area contributed by atoms with Gasteiger partial charge in [-0.2, -0.15) is 13.2 Å². The maximum atomic E-state index is 12.9. The Bertz CT molecular complexity index is 670. The molecule has 1 aliphatic rings. The van der Waals surface area contributed by atoms with Crippen LogP contribution in [0.4, 0.5) is 13.2 Å². The molecule has 26 heavy (non-hydrogen) atoms. The summed E-state index contributed by atoms with van der Waals surface area (Å²) in [4.78, 5) is 4.60. The maximum absolute atomic E-state index is 12.9. The molecule has 2 unspecified atom stereocenters. The zero-order chi connectivity index (χ0) is 19.2. The largest absolute Gasteiger partial charge is 0.416 e. The summed E-state index contributed by atoms with van der Waals surface area (Å²) in [5, 5.41) is 0. The number of alkyl halides is 3. The van der Waals surface area contributed by atoms with Crippen LogP contribution in [0.2, 0.25) is 0 Å². The van der Waals surface area contributed by atoms with E-state index in [1.54, 1.807) is 6.07 Å². The molecule has 1 aromatic carbocycles. The molecule has 0 bridgehead atoms. The summed E-state index contributed by atoms with van der Waals surface area (Å²) in [5.74, 6) is 1.52. The Morgan fingerprint density at radius 1 is 1.31 bits per heavy atom. The maximum Gasteiger partial charge on any atom is 0.416 e. The number of aliphatic imine (C=N–C) groups is 1. The number of benzene rings is 1. The van der Waals surface area contributed by atoms with Crippen LogP contribution < -0.4 is 0 Å². The Labute approximate surface area is 154 Å². The minimum absolute atomic E-state index is 0.445. The van der Waals surface area contributed by atoms with Gasteiger partial charge in [0.2, 0.25) is 0 Å². The van der Waals surface area contributed by atoms with Gasteiger partial charge >= 0.3 is 6.18 Å². The van der Waals surface area contributed by atoms with Gasteiger partial charge in [-0.3, -0.25) is 4.99 Å². The Morgan fingerprint density at radius 3 is 2.69 bits per heavy atom. The number of halogens is 3. The molecule has 1 aromatic rings. The van der Waals surface area contributed by atoms with E-state index in [-0.39, 0.29) is 0 Å². The van der Waals surface area contributed by atoms with Crippen LogP contribution in [0.5, 0.6) is 0 Å². The Hall–Kier alpha value is -1.84. The van der Waals surface area contributed by atoms with Crippen molar-refractivity contribution in [3.05, 3.63) is 59.8 Å². The van der Waals surface area contributed by atoms with Crippen molar-refractivity contribution in [3.63, 3.8) is 0 Å². The molecule has 1 saturated carbocycles. The second-order valence-electron chi connectivity index (χ2n) is 7.24. The first-order valence-electron chi connectivity index (χ1n) is 9.37. The molecular weight excluding hydrogens is 335 g/mol. The quantitative estimate of drug-likeness (QED) is 0.474. The van der Waals surface area contributed by atoms with E-state index < -0.39 is 11.7 Å². The number of hydrogen-bond acceptors (Lipinski definition) is 1. The lowest BCUT2D eigenvalue weighted by molar-refractivity contribution is -0.137. The molecule has 0 aliphatic heterocycles. The molecule has 2 atom stereocenters. The fourth-order valence-corrected chi connectivity index (χ4v) is 3.68. The molecule has 142 valence electrons. The third-order valence-electron chi connectivity index (χ3n) is 5.13. The fourth-order valence-electron chi connectivity index (χ4n) is 3.68. The van der Waals surface area contributed by atoms with Crippen LogP contribution in [0.3, 0.4) is 0 Å². The van der Waals surface area contributed by atoms with Gasteiger partial charge in [0.15, 0.2) is 0 Å². The predicted molar refractivity (Wildman–Crippen MR) is 102 cm³/mol. The van der Waals surface area contributed by atoms with Crippen LogP contribution in [0.1, 0.15) is 63.5 Å². The smallest absolute Gasteiger partial charge is 0.253 e. The lowest BCUT2D eigenvalue weighted by Gasteiger charge is -2.26. The highest BCUT2D eigenvalue weighted by Gasteiger charge is 2.30. The summed E-state index contributed by atoms with van der Waals surface area (Å²) in [6.45, 7) is 7.97. The van der Waals surface area contributed by atoms with E-state index in [1.807, 2.05) is 13.0 Å². The van der Waals surface area contributed by atoms with Gasteiger partial charge in [-0.25, -0.2) is 0 Å². The Morgan fingerprint density at radius 2 is 2.08 bits per heavy atom. The summed E-state index contributed by atoms with van der Waals surface area (Å²) in [6, 6.07) is 5.27. The SMILES string of the molecule is C=CC(=N/C(=C\C)CCC1CCCC(C)C1)c1cccc(C(F)(F)F)c1. The van der Waals surface area contributed by atoms with Gasteiger partial charge in [0.05, 0.1) is 11.3 Å². The molecule has 0 heterocycles. The van der Waals surface area contributed by atoms with Crippen molar-refractivity contribution in [3.8, 4) is 0 Å². The van der Waals surface area contributed by atoms with Gasteiger partial charge in [-0.15, -0.1) is 0 Å². The van der Waals surface area contributed by atoms with Gasteiger partial charge in [-0.05, 0) is 56.2 Å². The molecule has 2 rings (SSSR count). The van der Waals surface area contributed by atoms with Gasteiger partial charge in [0.1, 0.15) is 0 Å². The molecule has 0 N–H and O–H groups in total. The van der Waals surface area contributed by atoms with Gasteiger partial charge < -0.3 is 0 Å². The Balaban J connectivity index is 2.11. The molecule has 0 aromatic heterocycles. The third kappa shape index (κ3) is 5.86. The van der Waals surface area contributed by atoms with Crippen molar-refractivity contribution < 1.29 is 13.2 Å². The minimum atomic E-state index is -4.36. The summed E-state index contributed by atoms with van der Waals surface area (Å²) in [7, 11) is 0. The van der Waals surface area contributed by atoms with Crippen LogP contribution in [-0.2, 0) is 6.18 Å². The molecule has 1 nitrogen and oxygen atoms in total. The predicted octanol–water partition coefficient (Wildman–Crippen LogP) is 7.19. The monoisotopic (exact) mass is 363 g/mol. The third-order valence-corrected chi connectivity index (χ3v) is 5.13. The van der Waals surface area contributed by atoms with Crippen molar-refractivity contribution in [2.75, 3.05) is 0 Å². The molecule has 1 aliphatic carbocycles. The standard InChI is InChI=1S/C22H28F3N/c1-4-20(13-12-17-9-6-8-16(3)14-17)26-21(5-2)18-10-7-11-19(15-18)22(23,24)25/h4-5,7,10-11,15-17H,2,6,8-9,12-14H2,1,3H3/b20-4-,26-21?. The Kier molecular flexibility index (Phi) is 7.24. The van der Waals surface area contributed by atoms with Crippen LogP contribution in [0.15, 0.2) is 53.7 Å². The first kappa shape index (κ1) is 20.5. The lowest BCUT2D eigenvalue weighted by Crippen LogP contribution is -2.13. The number of allylic oxidation sites excluding steroid dienone is 3. The van der Waals surface area contributed by atoms with Gasteiger partial charge in [0.25, 0.3) is 0 Å². The first-order valence-corrected chi connectivity index (χ1v) is 9.37. The van der Waals surface area contributed by atoms with E-state index in [0.29, 0.717) is 11.3 Å². The van der Waals surface area contributed by atoms with Crippen molar-refractivity contribution >= 4 is 5.71 Å². The topological polar surface area (TPSA) is 12.4 Å². The molecule has 0 amide bonds. The molecule has 0 radical (unpaired) electrons. The fraction of sp³-hybridized carbons (Fsp3) is 0.500. The molecule has 0 saturated heterocycles. The summed E-state index contributed by atoms with van der Waals surface area (Å²) in [6.07, 6.45) is 6.21. The van der Waals surface area contributed by atoms with Crippen molar-refractivity contribution in [1.29, 1.82) is 0 Å². The van der Waals surface area contributed by atoms with Crippen LogP contribution in [0.25, 0.3) is 0 Å². The highest BCUT2D eigenvalue weighted by Crippen LogP contribution is 2.33. The zero-order valence-corrected chi connectivity index (χ0v) is 15.6. The van der Waals surface area contributed by atoms with Crippen LogP contribution in [-0.4, -0.2) is 5.71 Å². The first-order chi connectivity index (χ1) is 12.3. The van der Waals surface area contributed by atoms with E-state index >= 15 is 0 Å². The molecular formula is C22H28F3N. The lowest BCUT2D eigenvalue weighted by atomic mass is 9.80. The number of rotatable bonds is 6. The summed E-state index contributed by atoms with van der Waals surface area (Å²) < 4.78 is 38.8. The molecule has 4 heteroatoms. The highest BCUT2D eigenvalue weighted by molar-refractivity contribution is 6.09. The second kappa shape index (κ2) is 9.20. The van der Waals surface area contributed by atoms with E-state index in [9.17, 15) is 13.2 Å². The normalized spacial score (nSPS) is 22.3. The highest BCUT2D eigenvalue weighted by atomic mass is 19.4. The van der Waals surface area contributed by atoms with E-state index in [4.69, 9.17) is 0 Å². The second-order valence-corrected chi connectivity index (χ2v) is 7.24. The van der Waals surface area contributed by atoms with E-state index in [0.717, 1.165) is 42.5 Å². The average molecular weight is 363 g/mol. The van der Waals surface area contributed by atoms with Crippen molar-refractivity contribution in [2.45, 2.75) is 58.5 Å². The van der Waals surface area contributed by atoms with Crippen molar-refractivity contribution in [1.82, 2.24) is 0 Å². The van der Waals surface area contributed by atoms with E-state index in [2.05, 4.69) is 18.5 Å². The van der Waals surface area contributed by atoms with Gasteiger partial charge in [0, 0.05) is 11.3 Å². The van der Waals surface area contributed by atoms with E-state index in [1.165, 1.54) is 37.8 Å². The van der Waals surface area contributed by atoms with Crippen LogP contribution >= 0.6 is 0 Å². The van der Waals surface area contributed by atoms with Gasteiger partial charge in [-0.1, -0.05) is 51.0 Å². The number of hydrogen-bond donors (Lipinski definition) is 0. The number of nitrogens with zero attached hydrogens (tertiary/aromatic N) is 1. The minimum Gasteiger partial charge on any atom is -0.253 e. The molecule has 1 fully saturated rings. The van der Waals surface area contributed by atoms with Crippen molar-refractivity contribution in [2.24, 2.45) is 16.8 Å².